The molecule has 0 aliphatic heterocycles. The number of rotatable bonds is 45. The SMILES string of the molecule is CC/C=C\C/C=C\C/C=C\CCCCCCCCCCCC(=O)OCC(COC(=O)C/C=C\C/C=C\C/C=C\CC)OC(=O)CCCCCCCCC/C=C\C/C=C\CCCCC. The molecule has 0 aromatic rings. The van der Waals surface area contributed by atoms with Crippen LogP contribution in [0.5, 0.6) is 0 Å². The Bertz CT molecular complexity index is 1280. The molecule has 0 amide bonds. The lowest BCUT2D eigenvalue weighted by Gasteiger charge is -2.18. The second-order valence-corrected chi connectivity index (χ2v) is 16.7. The molecule has 0 aromatic heterocycles. The first-order valence-corrected chi connectivity index (χ1v) is 25.7. The Labute approximate surface area is 387 Å². The molecule has 1 atom stereocenters. The van der Waals surface area contributed by atoms with E-state index in [4.69, 9.17) is 14.2 Å². The van der Waals surface area contributed by atoms with E-state index in [0.29, 0.717) is 12.8 Å². The third-order valence-corrected chi connectivity index (χ3v) is 10.6. The fraction of sp³-hybridized carbons (Fsp3) is 0.667. The Morgan fingerprint density at radius 1 is 0.349 bits per heavy atom. The normalized spacial score (nSPS) is 12.9. The second kappa shape index (κ2) is 51.0. The fourth-order valence-electron chi connectivity index (χ4n) is 6.78. The zero-order valence-corrected chi connectivity index (χ0v) is 40.8. The van der Waals surface area contributed by atoms with Crippen LogP contribution in [0.15, 0.2) is 97.2 Å². The molecule has 0 bridgehead atoms. The van der Waals surface area contributed by atoms with Gasteiger partial charge >= 0.3 is 17.9 Å². The number of hydrogen-bond acceptors (Lipinski definition) is 6. The summed E-state index contributed by atoms with van der Waals surface area (Å²) >= 11 is 0. The molecule has 0 saturated carbocycles. The van der Waals surface area contributed by atoms with Crippen LogP contribution in [0.2, 0.25) is 0 Å². The highest BCUT2D eigenvalue weighted by atomic mass is 16.6. The largest absolute Gasteiger partial charge is 0.462 e. The van der Waals surface area contributed by atoms with Gasteiger partial charge in [0.05, 0.1) is 6.42 Å². The van der Waals surface area contributed by atoms with E-state index in [1.165, 1.54) is 96.3 Å². The summed E-state index contributed by atoms with van der Waals surface area (Å²) in [6, 6.07) is 0. The zero-order valence-electron chi connectivity index (χ0n) is 40.8. The Kier molecular flexibility index (Phi) is 48.0. The monoisotopic (exact) mass is 875 g/mol. The number of hydrogen-bond donors (Lipinski definition) is 0. The maximum atomic E-state index is 12.8. The van der Waals surface area contributed by atoms with Crippen molar-refractivity contribution in [3.05, 3.63) is 97.2 Å². The molecule has 0 saturated heterocycles. The summed E-state index contributed by atoms with van der Waals surface area (Å²) in [5.74, 6) is -1.06. The van der Waals surface area contributed by atoms with E-state index in [1.54, 1.807) is 6.08 Å². The predicted octanol–water partition coefficient (Wildman–Crippen LogP) is 17.0. The fourth-order valence-corrected chi connectivity index (χ4v) is 6.78. The van der Waals surface area contributed by atoms with Crippen LogP contribution < -0.4 is 0 Å². The van der Waals surface area contributed by atoms with Crippen molar-refractivity contribution in [2.75, 3.05) is 13.2 Å². The molecule has 358 valence electrons. The summed E-state index contributed by atoms with van der Waals surface area (Å²) < 4.78 is 16.7. The zero-order chi connectivity index (χ0) is 45.8. The molecular formula is C57H94O6. The molecule has 1 unspecified atom stereocenters. The van der Waals surface area contributed by atoms with E-state index in [0.717, 1.165) is 89.9 Å². The van der Waals surface area contributed by atoms with Crippen molar-refractivity contribution in [1.29, 1.82) is 0 Å². The van der Waals surface area contributed by atoms with Crippen LogP contribution in [-0.2, 0) is 28.6 Å². The van der Waals surface area contributed by atoms with Gasteiger partial charge in [-0.1, -0.05) is 208 Å². The Balaban J connectivity index is 4.38. The van der Waals surface area contributed by atoms with Crippen molar-refractivity contribution in [3.63, 3.8) is 0 Å². The molecule has 0 aliphatic carbocycles. The number of unbranched alkanes of at least 4 members (excludes halogenated alkanes) is 19. The van der Waals surface area contributed by atoms with Crippen molar-refractivity contribution in [2.24, 2.45) is 0 Å². The molecule has 6 heteroatoms. The Morgan fingerprint density at radius 2 is 0.683 bits per heavy atom. The minimum absolute atomic E-state index is 0.111. The molecule has 63 heavy (non-hydrogen) atoms. The van der Waals surface area contributed by atoms with Crippen LogP contribution in [0, 0.1) is 0 Å². The first-order chi connectivity index (χ1) is 31.0. The summed E-state index contributed by atoms with van der Waals surface area (Å²) in [5.41, 5.74) is 0. The highest BCUT2D eigenvalue weighted by molar-refractivity contribution is 5.72. The second-order valence-electron chi connectivity index (χ2n) is 16.7. The van der Waals surface area contributed by atoms with Crippen molar-refractivity contribution in [3.8, 4) is 0 Å². The maximum Gasteiger partial charge on any atom is 0.309 e. The van der Waals surface area contributed by atoms with Gasteiger partial charge in [-0.2, -0.15) is 0 Å². The van der Waals surface area contributed by atoms with Gasteiger partial charge in [-0.3, -0.25) is 14.4 Å². The van der Waals surface area contributed by atoms with E-state index < -0.39 is 12.1 Å². The van der Waals surface area contributed by atoms with Crippen molar-refractivity contribution >= 4 is 17.9 Å². The molecule has 0 N–H and O–H groups in total. The van der Waals surface area contributed by atoms with Gasteiger partial charge in [0, 0.05) is 12.8 Å². The van der Waals surface area contributed by atoms with Crippen molar-refractivity contribution < 1.29 is 28.6 Å². The van der Waals surface area contributed by atoms with Gasteiger partial charge in [-0.05, 0) is 96.3 Å². The summed E-state index contributed by atoms with van der Waals surface area (Å²) in [6.45, 7) is 6.27. The Morgan fingerprint density at radius 3 is 1.11 bits per heavy atom. The quantitative estimate of drug-likeness (QED) is 0.0262. The predicted molar refractivity (Wildman–Crippen MR) is 270 cm³/mol. The molecule has 0 spiro atoms. The van der Waals surface area contributed by atoms with Gasteiger partial charge in [0.2, 0.25) is 0 Å². The highest BCUT2D eigenvalue weighted by Crippen LogP contribution is 2.14. The number of esters is 3. The third kappa shape index (κ3) is 49.2. The molecule has 0 radical (unpaired) electrons. The lowest BCUT2D eigenvalue weighted by molar-refractivity contribution is -0.166. The molecule has 0 aromatic carbocycles. The van der Waals surface area contributed by atoms with Gasteiger partial charge < -0.3 is 14.2 Å². The number of carbonyl (C=O) groups excluding carboxylic acids is 3. The lowest BCUT2D eigenvalue weighted by Crippen LogP contribution is -2.30. The first-order valence-electron chi connectivity index (χ1n) is 25.7. The molecule has 0 fully saturated rings. The first kappa shape index (κ1) is 59.3. The highest BCUT2D eigenvalue weighted by Gasteiger charge is 2.19. The summed E-state index contributed by atoms with van der Waals surface area (Å²) in [7, 11) is 0. The van der Waals surface area contributed by atoms with E-state index in [1.807, 2.05) is 6.08 Å². The number of allylic oxidation sites excluding steroid dienone is 15. The third-order valence-electron chi connectivity index (χ3n) is 10.6. The van der Waals surface area contributed by atoms with Crippen molar-refractivity contribution in [1.82, 2.24) is 0 Å². The van der Waals surface area contributed by atoms with Gasteiger partial charge in [-0.15, -0.1) is 0 Å². The van der Waals surface area contributed by atoms with Crippen molar-refractivity contribution in [2.45, 2.75) is 232 Å². The maximum absolute atomic E-state index is 12.8. The summed E-state index contributed by atoms with van der Waals surface area (Å²) in [5, 5.41) is 0. The van der Waals surface area contributed by atoms with Crippen LogP contribution in [0.25, 0.3) is 0 Å². The van der Waals surface area contributed by atoms with E-state index in [2.05, 4.69) is 106 Å². The summed E-state index contributed by atoms with van der Waals surface area (Å²) in [4.78, 5) is 37.8. The van der Waals surface area contributed by atoms with Crippen LogP contribution in [0.3, 0.4) is 0 Å². The Hall–Kier alpha value is -3.67. The van der Waals surface area contributed by atoms with Crippen LogP contribution >= 0.6 is 0 Å². The lowest BCUT2D eigenvalue weighted by atomic mass is 10.1. The standard InChI is InChI=1S/C57H94O6/c1-4-7-10-13-16-19-21-23-25-27-28-30-31-33-35-38-41-44-47-50-56(59)62-53-54(52-61-55(58)49-46-43-40-37-18-15-12-9-6-3)63-57(60)51-48-45-42-39-36-34-32-29-26-24-22-20-17-14-11-8-5-2/h7,9-10,12,16-20,23-26,37,43,46,54H,4-6,8,11,13-15,21-22,27-36,38-42,44-45,47-53H2,1-3H3/b10-7-,12-9-,19-16-,20-17-,25-23-,26-24-,37-18-,46-43-. The smallest absolute Gasteiger partial charge is 0.309 e. The average molecular weight is 875 g/mol. The van der Waals surface area contributed by atoms with Gasteiger partial charge in [-0.25, -0.2) is 0 Å². The molecule has 6 nitrogen and oxygen atoms in total. The summed E-state index contributed by atoms with van der Waals surface area (Å²) in [6.07, 6.45) is 67.1. The average Bonchev–Trinajstić information content (AvgIpc) is 3.28. The molecule has 0 heterocycles. The number of ether oxygens (including phenoxy) is 3. The van der Waals surface area contributed by atoms with E-state index in [-0.39, 0.29) is 31.6 Å². The van der Waals surface area contributed by atoms with Crippen LogP contribution in [0.1, 0.15) is 226 Å². The molecule has 0 rings (SSSR count). The minimum Gasteiger partial charge on any atom is -0.462 e. The van der Waals surface area contributed by atoms with Gasteiger partial charge in [0.15, 0.2) is 6.10 Å². The molecule has 0 aliphatic rings. The number of carbonyl (C=O) groups is 3. The van der Waals surface area contributed by atoms with Gasteiger partial charge in [0.25, 0.3) is 0 Å². The van der Waals surface area contributed by atoms with Gasteiger partial charge in [0.1, 0.15) is 13.2 Å². The molecular weight excluding hydrogens is 781 g/mol. The van der Waals surface area contributed by atoms with Crippen LogP contribution in [0.4, 0.5) is 0 Å². The topological polar surface area (TPSA) is 78.9 Å². The van der Waals surface area contributed by atoms with E-state index >= 15 is 0 Å². The van der Waals surface area contributed by atoms with E-state index in [9.17, 15) is 14.4 Å². The minimum atomic E-state index is -0.819. The van der Waals surface area contributed by atoms with Crippen LogP contribution in [-0.4, -0.2) is 37.2 Å².